The van der Waals surface area contributed by atoms with Gasteiger partial charge in [-0.15, -0.1) is 0 Å². The van der Waals surface area contributed by atoms with Gasteiger partial charge in [-0.05, 0) is 42.5 Å². The molecule has 0 saturated carbocycles. The SMILES string of the molecule is CN(C)S(=O)(=O)Nc1ccc(Nc2ccc(F)c(Cl)c2)cc1. The summed E-state index contributed by atoms with van der Waals surface area (Å²) in [4.78, 5) is 0. The molecular weight excluding hydrogens is 329 g/mol. The quantitative estimate of drug-likeness (QED) is 0.874. The lowest BCUT2D eigenvalue weighted by atomic mass is 10.2. The second-order valence-corrected chi connectivity index (χ2v) is 7.01. The fourth-order valence-electron chi connectivity index (χ4n) is 1.60. The maximum absolute atomic E-state index is 13.1. The maximum Gasteiger partial charge on any atom is 0.301 e. The Hall–Kier alpha value is -1.83. The second-order valence-electron chi connectivity index (χ2n) is 4.72. The number of anilines is 3. The van der Waals surface area contributed by atoms with E-state index in [4.69, 9.17) is 11.6 Å². The summed E-state index contributed by atoms with van der Waals surface area (Å²) in [6, 6.07) is 10.9. The van der Waals surface area contributed by atoms with Crippen molar-refractivity contribution < 1.29 is 12.8 Å². The fourth-order valence-corrected chi connectivity index (χ4v) is 2.40. The third kappa shape index (κ3) is 4.09. The number of halogens is 2. The maximum atomic E-state index is 13.1. The molecule has 2 aromatic rings. The zero-order valence-corrected chi connectivity index (χ0v) is 13.5. The first-order chi connectivity index (χ1) is 10.3. The van der Waals surface area contributed by atoms with Crippen LogP contribution < -0.4 is 10.0 Å². The first kappa shape index (κ1) is 16.5. The molecule has 0 aliphatic carbocycles. The molecule has 0 amide bonds. The molecule has 0 aromatic heterocycles. The van der Waals surface area contributed by atoms with Gasteiger partial charge in [-0.25, -0.2) is 4.39 Å². The highest BCUT2D eigenvalue weighted by molar-refractivity contribution is 7.90. The summed E-state index contributed by atoms with van der Waals surface area (Å²) in [7, 11) is -0.648. The summed E-state index contributed by atoms with van der Waals surface area (Å²) in [6.07, 6.45) is 0. The van der Waals surface area contributed by atoms with Gasteiger partial charge in [0, 0.05) is 31.2 Å². The number of hydrogen-bond donors (Lipinski definition) is 2. The molecule has 2 N–H and O–H groups in total. The molecule has 0 fully saturated rings. The van der Waals surface area contributed by atoms with Gasteiger partial charge < -0.3 is 5.32 Å². The number of rotatable bonds is 5. The van der Waals surface area contributed by atoms with Gasteiger partial charge in [0.05, 0.1) is 5.02 Å². The third-order valence-electron chi connectivity index (χ3n) is 2.82. The van der Waals surface area contributed by atoms with Crippen molar-refractivity contribution in [2.75, 3.05) is 24.1 Å². The molecule has 0 bridgehead atoms. The smallest absolute Gasteiger partial charge is 0.301 e. The minimum atomic E-state index is -3.53. The van der Waals surface area contributed by atoms with Gasteiger partial charge in [-0.2, -0.15) is 12.7 Å². The van der Waals surface area contributed by atoms with E-state index in [1.165, 1.54) is 26.2 Å². The zero-order chi connectivity index (χ0) is 16.3. The molecular formula is C14H15ClFN3O2S. The van der Waals surface area contributed by atoms with Gasteiger partial charge >= 0.3 is 10.2 Å². The average molecular weight is 344 g/mol. The van der Waals surface area contributed by atoms with Gasteiger partial charge in [-0.3, -0.25) is 4.72 Å². The van der Waals surface area contributed by atoms with Gasteiger partial charge in [0.2, 0.25) is 0 Å². The Kier molecular flexibility index (Phi) is 4.90. The van der Waals surface area contributed by atoms with Crippen LogP contribution in [0.5, 0.6) is 0 Å². The largest absolute Gasteiger partial charge is 0.355 e. The van der Waals surface area contributed by atoms with Crippen LogP contribution in [0.1, 0.15) is 0 Å². The summed E-state index contributed by atoms with van der Waals surface area (Å²) in [5, 5.41) is 3.07. The van der Waals surface area contributed by atoms with Crippen molar-refractivity contribution in [3.05, 3.63) is 53.3 Å². The third-order valence-corrected chi connectivity index (χ3v) is 4.57. The van der Waals surface area contributed by atoms with Gasteiger partial charge in [0.25, 0.3) is 0 Å². The number of benzene rings is 2. The number of hydrogen-bond acceptors (Lipinski definition) is 3. The molecule has 5 nitrogen and oxygen atoms in total. The number of nitrogens with one attached hydrogen (secondary N) is 2. The van der Waals surface area contributed by atoms with Gasteiger partial charge in [-0.1, -0.05) is 11.6 Å². The van der Waals surface area contributed by atoms with Crippen molar-refractivity contribution in [1.29, 1.82) is 0 Å². The van der Waals surface area contributed by atoms with E-state index in [2.05, 4.69) is 10.0 Å². The predicted octanol–water partition coefficient (Wildman–Crippen LogP) is 3.44. The minimum Gasteiger partial charge on any atom is -0.355 e. The second kappa shape index (κ2) is 6.51. The molecule has 8 heteroatoms. The van der Waals surface area contributed by atoms with Crippen LogP contribution in [-0.4, -0.2) is 26.8 Å². The molecule has 0 unspecified atom stereocenters. The van der Waals surface area contributed by atoms with E-state index >= 15 is 0 Å². The van der Waals surface area contributed by atoms with E-state index in [-0.39, 0.29) is 5.02 Å². The van der Waals surface area contributed by atoms with Crippen LogP contribution >= 0.6 is 11.6 Å². The van der Waals surface area contributed by atoms with Crippen LogP contribution in [-0.2, 0) is 10.2 Å². The lowest BCUT2D eigenvalue weighted by Gasteiger charge is -2.14. The molecule has 0 spiro atoms. The molecule has 0 saturated heterocycles. The van der Waals surface area contributed by atoms with E-state index in [1.54, 1.807) is 30.3 Å². The van der Waals surface area contributed by atoms with Crippen molar-refractivity contribution in [3.63, 3.8) is 0 Å². The Morgan fingerprint density at radius 1 is 1.00 bits per heavy atom. The average Bonchev–Trinajstić information content (AvgIpc) is 2.44. The number of nitrogens with zero attached hydrogens (tertiary/aromatic N) is 1. The normalized spacial score (nSPS) is 11.5. The van der Waals surface area contributed by atoms with E-state index in [0.29, 0.717) is 11.4 Å². The van der Waals surface area contributed by atoms with Crippen molar-refractivity contribution in [2.45, 2.75) is 0 Å². The van der Waals surface area contributed by atoms with Gasteiger partial charge in [0.1, 0.15) is 5.82 Å². The topological polar surface area (TPSA) is 61.4 Å². The van der Waals surface area contributed by atoms with Crippen molar-refractivity contribution in [2.24, 2.45) is 0 Å². The standard InChI is InChI=1S/C14H15ClFN3O2S/c1-19(2)22(20,21)18-11-5-3-10(4-6-11)17-12-7-8-14(16)13(15)9-12/h3-9,17-18H,1-2H3. The lowest BCUT2D eigenvalue weighted by molar-refractivity contribution is 0.527. The Bertz CT molecular complexity index is 764. The van der Waals surface area contributed by atoms with Crippen LogP contribution in [0.3, 0.4) is 0 Å². The molecule has 0 heterocycles. The summed E-state index contributed by atoms with van der Waals surface area (Å²) in [5.41, 5.74) is 1.79. The highest BCUT2D eigenvalue weighted by Gasteiger charge is 2.12. The van der Waals surface area contributed by atoms with E-state index in [0.717, 1.165) is 9.99 Å². The van der Waals surface area contributed by atoms with Crippen LogP contribution in [0.15, 0.2) is 42.5 Å². The summed E-state index contributed by atoms with van der Waals surface area (Å²) in [5.74, 6) is -0.486. The van der Waals surface area contributed by atoms with Crippen molar-refractivity contribution in [3.8, 4) is 0 Å². The minimum absolute atomic E-state index is 0.0281. The molecule has 2 aromatic carbocycles. The summed E-state index contributed by atoms with van der Waals surface area (Å²) in [6.45, 7) is 0. The fraction of sp³-hybridized carbons (Fsp3) is 0.143. The van der Waals surface area contributed by atoms with Crippen molar-refractivity contribution in [1.82, 2.24) is 4.31 Å². The summed E-state index contributed by atoms with van der Waals surface area (Å²) < 4.78 is 40.0. The van der Waals surface area contributed by atoms with Crippen LogP contribution in [0.4, 0.5) is 21.5 Å². The highest BCUT2D eigenvalue weighted by Crippen LogP contribution is 2.23. The molecule has 0 radical (unpaired) electrons. The molecule has 0 aliphatic heterocycles. The molecule has 0 aliphatic rings. The van der Waals surface area contributed by atoms with E-state index in [1.807, 2.05) is 0 Å². The Morgan fingerprint density at radius 3 is 2.09 bits per heavy atom. The zero-order valence-electron chi connectivity index (χ0n) is 12.0. The van der Waals surface area contributed by atoms with E-state index in [9.17, 15) is 12.8 Å². The molecule has 22 heavy (non-hydrogen) atoms. The predicted molar refractivity (Wildman–Crippen MR) is 87.4 cm³/mol. The van der Waals surface area contributed by atoms with Crippen LogP contribution in [0.2, 0.25) is 5.02 Å². The van der Waals surface area contributed by atoms with E-state index < -0.39 is 16.0 Å². The van der Waals surface area contributed by atoms with Crippen LogP contribution in [0.25, 0.3) is 0 Å². The first-order valence-electron chi connectivity index (χ1n) is 6.30. The Balaban J connectivity index is 2.10. The highest BCUT2D eigenvalue weighted by atomic mass is 35.5. The molecule has 2 rings (SSSR count). The van der Waals surface area contributed by atoms with Crippen LogP contribution in [0, 0.1) is 5.82 Å². The van der Waals surface area contributed by atoms with Gasteiger partial charge in [0.15, 0.2) is 0 Å². The van der Waals surface area contributed by atoms with Crippen molar-refractivity contribution >= 4 is 38.9 Å². The summed E-state index contributed by atoms with van der Waals surface area (Å²) >= 11 is 5.71. The monoisotopic (exact) mass is 343 g/mol. The lowest BCUT2D eigenvalue weighted by Crippen LogP contribution is -2.28. The Morgan fingerprint density at radius 2 is 1.55 bits per heavy atom. The first-order valence-corrected chi connectivity index (χ1v) is 8.12. The molecule has 0 atom stereocenters. The molecule has 118 valence electrons. The Labute approximate surface area is 133 Å².